The Bertz CT molecular complexity index is 1180. The van der Waals surface area contributed by atoms with E-state index in [-0.39, 0.29) is 29.8 Å². The molecule has 2 aromatic carbocycles. The van der Waals surface area contributed by atoms with E-state index in [4.69, 9.17) is 9.15 Å². The van der Waals surface area contributed by atoms with Gasteiger partial charge in [-0.3, -0.25) is 4.90 Å². The molecule has 2 amide bonds. The number of ether oxygens (including phenoxy) is 1. The van der Waals surface area contributed by atoms with Crippen LogP contribution in [0.4, 0.5) is 19.3 Å². The van der Waals surface area contributed by atoms with Gasteiger partial charge in [0.2, 0.25) is 5.89 Å². The minimum atomic E-state index is -1.41. The Morgan fingerprint density at radius 1 is 1.21 bits per heavy atom. The van der Waals surface area contributed by atoms with E-state index < -0.39 is 12.0 Å². The lowest BCUT2D eigenvalue weighted by Gasteiger charge is -2.55. The monoisotopic (exact) mass is 454 g/mol. The maximum absolute atomic E-state index is 15.1. The third kappa shape index (κ3) is 4.08. The molecule has 3 aromatic rings. The Balaban J connectivity index is 1.39. The highest BCUT2D eigenvalue weighted by atomic mass is 19.1. The van der Waals surface area contributed by atoms with Crippen LogP contribution in [0.25, 0.3) is 11.5 Å². The molecule has 0 N–H and O–H groups in total. The average Bonchev–Trinajstić information content (AvgIpc) is 3.21. The van der Waals surface area contributed by atoms with Crippen molar-refractivity contribution in [1.82, 2.24) is 15.1 Å². The summed E-state index contributed by atoms with van der Waals surface area (Å²) in [5.74, 6) is -0.631. The number of likely N-dealkylation sites (tertiary alicyclic amines) is 1. The van der Waals surface area contributed by atoms with Gasteiger partial charge in [0.25, 0.3) is 5.89 Å². The number of aryl methyl sites for hydroxylation is 1. The number of aromatic nitrogens is 2. The van der Waals surface area contributed by atoms with E-state index >= 15 is 4.39 Å². The van der Waals surface area contributed by atoms with Crippen LogP contribution in [0.1, 0.15) is 30.1 Å². The number of hydrogen-bond donors (Lipinski definition) is 0. The third-order valence-corrected chi connectivity index (χ3v) is 6.09. The highest BCUT2D eigenvalue weighted by molar-refractivity contribution is 5.92. The number of alkyl halides is 1. The second kappa shape index (κ2) is 8.22. The van der Waals surface area contributed by atoms with Crippen LogP contribution in [-0.2, 0) is 11.3 Å². The van der Waals surface area contributed by atoms with Gasteiger partial charge in [-0.15, -0.1) is 10.2 Å². The van der Waals surface area contributed by atoms with Crippen LogP contribution in [0.2, 0.25) is 0 Å². The molecular weight excluding hydrogens is 430 g/mol. The maximum atomic E-state index is 15.1. The lowest BCUT2D eigenvalue weighted by atomic mass is 9.78. The second-order valence-corrected chi connectivity index (χ2v) is 8.92. The normalized spacial score (nSPS) is 17.4. The Labute approximate surface area is 190 Å². The van der Waals surface area contributed by atoms with Gasteiger partial charge in [0.15, 0.2) is 6.17 Å². The van der Waals surface area contributed by atoms with Crippen LogP contribution in [0, 0.1) is 18.2 Å². The van der Waals surface area contributed by atoms with Crippen molar-refractivity contribution in [2.24, 2.45) is 5.41 Å². The number of urea groups is 1. The van der Waals surface area contributed by atoms with E-state index in [1.54, 1.807) is 21.9 Å². The Hall–Kier alpha value is -3.33. The van der Waals surface area contributed by atoms with E-state index in [2.05, 4.69) is 10.2 Å². The summed E-state index contributed by atoms with van der Waals surface area (Å²) in [6.45, 7) is 5.93. The summed E-state index contributed by atoms with van der Waals surface area (Å²) in [6, 6.07) is 11.9. The lowest BCUT2D eigenvalue weighted by molar-refractivity contribution is -0.174. The molecule has 1 unspecified atom stereocenters. The number of hydrogen-bond acceptors (Lipinski definition) is 5. The molecule has 0 radical (unpaired) electrons. The molecule has 1 spiro atoms. The summed E-state index contributed by atoms with van der Waals surface area (Å²) in [6.07, 6.45) is -1.41. The van der Waals surface area contributed by atoms with Gasteiger partial charge in [0.1, 0.15) is 5.82 Å². The fourth-order valence-corrected chi connectivity index (χ4v) is 4.20. The van der Waals surface area contributed by atoms with Crippen molar-refractivity contribution >= 4 is 11.7 Å². The summed E-state index contributed by atoms with van der Waals surface area (Å²) >= 11 is 0. The molecule has 172 valence electrons. The van der Waals surface area contributed by atoms with Crippen LogP contribution >= 0.6 is 0 Å². The Kier molecular flexibility index (Phi) is 5.36. The number of anilines is 1. The van der Waals surface area contributed by atoms with Crippen LogP contribution < -0.4 is 4.90 Å². The van der Waals surface area contributed by atoms with E-state index in [0.29, 0.717) is 43.1 Å². The van der Waals surface area contributed by atoms with E-state index in [9.17, 15) is 9.18 Å². The van der Waals surface area contributed by atoms with Gasteiger partial charge in [0.05, 0.1) is 25.2 Å². The molecule has 2 aliphatic heterocycles. The first kappa shape index (κ1) is 21.5. The zero-order valence-electron chi connectivity index (χ0n) is 18.4. The topological polar surface area (TPSA) is 71.7 Å². The minimum absolute atomic E-state index is 0.0418. The summed E-state index contributed by atoms with van der Waals surface area (Å²) < 4.78 is 39.0. The van der Waals surface area contributed by atoms with E-state index in [1.165, 1.54) is 13.0 Å². The molecule has 1 atom stereocenters. The van der Waals surface area contributed by atoms with Gasteiger partial charge in [-0.05, 0) is 43.7 Å². The molecule has 3 heterocycles. The van der Waals surface area contributed by atoms with Crippen LogP contribution in [-0.4, -0.2) is 47.4 Å². The highest BCUT2D eigenvalue weighted by Gasteiger charge is 2.51. The summed E-state index contributed by atoms with van der Waals surface area (Å²) in [7, 11) is 0. The third-order valence-electron chi connectivity index (χ3n) is 6.09. The van der Waals surface area contributed by atoms with Crippen LogP contribution in [0.3, 0.4) is 0 Å². The number of amides is 2. The molecule has 1 aromatic heterocycles. The molecule has 7 nitrogen and oxygen atoms in total. The van der Waals surface area contributed by atoms with Crippen molar-refractivity contribution in [3.8, 4) is 11.5 Å². The standard InChI is InChI=1S/C24H24F2N4O3/c1-15-4-3-5-19(8-15)30(23(31)29-11-24(12-29)13-32-14-24)10-18-7-6-17(9-20(18)26)22-28-27-21(33-22)16(2)25/h3-9,16H,10-14H2,1-2H3. The first-order valence-corrected chi connectivity index (χ1v) is 10.8. The largest absolute Gasteiger partial charge is 0.418 e. The first-order valence-electron chi connectivity index (χ1n) is 10.8. The molecule has 2 saturated heterocycles. The van der Waals surface area contributed by atoms with Crippen molar-refractivity contribution in [2.45, 2.75) is 26.6 Å². The SMILES string of the molecule is Cc1cccc(N(Cc2ccc(-c3nnc(C(C)F)o3)cc2F)C(=O)N2CC3(COC3)C2)c1. The zero-order chi connectivity index (χ0) is 23.2. The predicted molar refractivity (Wildman–Crippen MR) is 117 cm³/mol. The smallest absolute Gasteiger partial charge is 0.324 e. The fraction of sp³-hybridized carbons (Fsp3) is 0.375. The fourth-order valence-electron chi connectivity index (χ4n) is 4.20. The average molecular weight is 454 g/mol. The van der Waals surface area contributed by atoms with Gasteiger partial charge in [0, 0.05) is 29.9 Å². The molecule has 33 heavy (non-hydrogen) atoms. The van der Waals surface area contributed by atoms with Gasteiger partial charge < -0.3 is 14.1 Å². The molecule has 2 aliphatic rings. The maximum Gasteiger partial charge on any atom is 0.324 e. The Morgan fingerprint density at radius 2 is 2.00 bits per heavy atom. The summed E-state index contributed by atoms with van der Waals surface area (Å²) in [4.78, 5) is 16.7. The van der Waals surface area contributed by atoms with Crippen LogP contribution in [0.5, 0.6) is 0 Å². The van der Waals surface area contributed by atoms with Gasteiger partial charge >= 0.3 is 6.03 Å². The van der Waals surface area contributed by atoms with Crippen molar-refractivity contribution < 1.29 is 22.7 Å². The number of nitrogens with zero attached hydrogens (tertiary/aromatic N) is 4. The molecule has 0 saturated carbocycles. The lowest BCUT2D eigenvalue weighted by Crippen LogP contribution is -2.68. The predicted octanol–water partition coefficient (Wildman–Crippen LogP) is 4.67. The molecule has 5 rings (SSSR count). The molecule has 0 bridgehead atoms. The zero-order valence-corrected chi connectivity index (χ0v) is 18.4. The Morgan fingerprint density at radius 3 is 2.61 bits per heavy atom. The number of carbonyl (C=O) groups is 1. The number of benzene rings is 2. The summed E-state index contributed by atoms with van der Waals surface area (Å²) in [5, 5.41) is 7.43. The number of halogens is 2. The van der Waals surface area contributed by atoms with E-state index in [1.807, 2.05) is 31.2 Å². The molecular formula is C24H24F2N4O3. The van der Waals surface area contributed by atoms with Crippen LogP contribution in [0.15, 0.2) is 46.9 Å². The highest BCUT2D eigenvalue weighted by Crippen LogP contribution is 2.38. The molecule has 0 aliphatic carbocycles. The molecule has 2 fully saturated rings. The number of carbonyl (C=O) groups excluding carboxylic acids is 1. The quantitative estimate of drug-likeness (QED) is 0.560. The van der Waals surface area contributed by atoms with Crippen molar-refractivity contribution in [2.75, 3.05) is 31.2 Å². The molecule has 9 heteroatoms. The van der Waals surface area contributed by atoms with Crippen molar-refractivity contribution in [1.29, 1.82) is 0 Å². The number of rotatable bonds is 5. The van der Waals surface area contributed by atoms with Crippen molar-refractivity contribution in [3.63, 3.8) is 0 Å². The minimum Gasteiger partial charge on any atom is -0.418 e. The first-order chi connectivity index (χ1) is 15.8. The van der Waals surface area contributed by atoms with Gasteiger partial charge in [-0.1, -0.05) is 18.2 Å². The van der Waals surface area contributed by atoms with Gasteiger partial charge in [-0.25, -0.2) is 13.6 Å². The van der Waals surface area contributed by atoms with E-state index in [0.717, 1.165) is 5.56 Å². The summed E-state index contributed by atoms with van der Waals surface area (Å²) in [5.41, 5.74) is 2.48. The van der Waals surface area contributed by atoms with Crippen molar-refractivity contribution in [3.05, 3.63) is 65.3 Å². The van der Waals surface area contributed by atoms with Gasteiger partial charge in [-0.2, -0.15) is 0 Å². The second-order valence-electron chi connectivity index (χ2n) is 8.92.